The van der Waals surface area contributed by atoms with Crippen molar-refractivity contribution in [1.29, 1.82) is 0 Å². The molecule has 1 aliphatic heterocycles. The van der Waals surface area contributed by atoms with Crippen LogP contribution in [0.3, 0.4) is 0 Å². The molecule has 0 aliphatic carbocycles. The SMILES string of the molecule is COCOc1cc(OC)cc(CO)c1-c1nnc(N[C@@H]2CCCN(C(=O)OC(C)(C)C)C2)cc1CCCO[Si](C)(C)C(C)(C)C. The summed E-state index contributed by atoms with van der Waals surface area (Å²) >= 11 is 0. The molecule has 252 valence electrons. The van der Waals surface area contributed by atoms with Gasteiger partial charge in [0.05, 0.1) is 19.3 Å². The first-order chi connectivity index (χ1) is 21.1. The van der Waals surface area contributed by atoms with Crippen LogP contribution >= 0.6 is 0 Å². The van der Waals surface area contributed by atoms with Crippen molar-refractivity contribution in [2.24, 2.45) is 0 Å². The number of piperidine rings is 1. The number of aromatic nitrogens is 2. The van der Waals surface area contributed by atoms with E-state index in [1.807, 2.05) is 26.8 Å². The fourth-order valence-corrected chi connectivity index (χ4v) is 5.99. The maximum absolute atomic E-state index is 12.7. The number of nitrogens with one attached hydrogen (secondary N) is 1. The Morgan fingerprint density at radius 2 is 1.82 bits per heavy atom. The number of hydrogen-bond donors (Lipinski definition) is 2. The summed E-state index contributed by atoms with van der Waals surface area (Å²) in [5.41, 5.74) is 2.25. The van der Waals surface area contributed by atoms with E-state index >= 15 is 0 Å². The average molecular weight is 647 g/mol. The van der Waals surface area contributed by atoms with Gasteiger partial charge >= 0.3 is 6.09 Å². The third kappa shape index (κ3) is 10.3. The van der Waals surface area contributed by atoms with Gasteiger partial charge in [0, 0.05) is 38.9 Å². The maximum atomic E-state index is 12.7. The minimum atomic E-state index is -1.90. The van der Waals surface area contributed by atoms with Crippen molar-refractivity contribution < 1.29 is 33.3 Å². The van der Waals surface area contributed by atoms with Gasteiger partial charge in [-0.1, -0.05) is 20.8 Å². The van der Waals surface area contributed by atoms with Crippen LogP contribution in [0, 0.1) is 0 Å². The predicted molar refractivity (Wildman–Crippen MR) is 178 cm³/mol. The summed E-state index contributed by atoms with van der Waals surface area (Å²) < 4.78 is 28.7. The number of benzene rings is 1. The number of carbonyl (C=O) groups excluding carboxylic acids is 1. The van der Waals surface area contributed by atoms with Crippen molar-refractivity contribution in [3.63, 3.8) is 0 Å². The lowest BCUT2D eigenvalue weighted by molar-refractivity contribution is 0.0206. The summed E-state index contributed by atoms with van der Waals surface area (Å²) in [6.45, 7) is 18.4. The van der Waals surface area contributed by atoms with E-state index < -0.39 is 13.9 Å². The minimum absolute atomic E-state index is 0.00391. The van der Waals surface area contributed by atoms with Crippen molar-refractivity contribution in [1.82, 2.24) is 15.1 Å². The number of amides is 1. The Hall–Kier alpha value is -2.93. The Morgan fingerprint density at radius 3 is 2.44 bits per heavy atom. The number of ether oxygens (including phenoxy) is 4. The Morgan fingerprint density at radius 1 is 1.09 bits per heavy atom. The highest BCUT2D eigenvalue weighted by molar-refractivity contribution is 6.74. The van der Waals surface area contributed by atoms with Crippen molar-refractivity contribution in [2.75, 3.05) is 46.0 Å². The van der Waals surface area contributed by atoms with Gasteiger partial charge in [-0.05, 0) is 87.8 Å². The standard InChI is InChI=1S/C33H54N4O7Si/c1-32(2,3)44-31(39)37-15-11-14-25(20-37)34-28-18-23(13-12-16-43-45(9,10)33(4,5)6)30(36-35-28)29-24(21-38)17-26(41-8)19-27(29)42-22-40-7/h17-19,25,38H,11-16,20-22H2,1-10H3,(H,34,35)/t25-/m1/s1. The number of aliphatic hydroxyl groups excluding tert-OH is 1. The zero-order valence-electron chi connectivity index (χ0n) is 28.9. The van der Waals surface area contributed by atoms with Crippen molar-refractivity contribution in [3.8, 4) is 22.8 Å². The maximum Gasteiger partial charge on any atom is 0.410 e. The topological polar surface area (TPSA) is 124 Å². The highest BCUT2D eigenvalue weighted by Crippen LogP contribution is 2.39. The molecule has 1 aromatic heterocycles. The third-order valence-corrected chi connectivity index (χ3v) is 12.8. The molecule has 0 saturated carbocycles. The molecule has 2 aromatic rings. The molecule has 1 fully saturated rings. The Balaban J connectivity index is 1.94. The van der Waals surface area contributed by atoms with Gasteiger partial charge < -0.3 is 38.7 Å². The largest absolute Gasteiger partial charge is 0.497 e. The predicted octanol–water partition coefficient (Wildman–Crippen LogP) is 6.39. The van der Waals surface area contributed by atoms with Crippen molar-refractivity contribution in [2.45, 2.75) is 104 Å². The lowest BCUT2D eigenvalue weighted by Crippen LogP contribution is -2.47. The minimum Gasteiger partial charge on any atom is -0.497 e. The molecule has 0 bridgehead atoms. The summed E-state index contributed by atoms with van der Waals surface area (Å²) in [4.78, 5) is 14.5. The second-order valence-electron chi connectivity index (χ2n) is 14.1. The molecule has 12 heteroatoms. The quantitative estimate of drug-likeness (QED) is 0.144. The van der Waals surface area contributed by atoms with Gasteiger partial charge in [0.25, 0.3) is 0 Å². The number of hydrogen-bond acceptors (Lipinski definition) is 10. The first-order valence-corrected chi connectivity index (χ1v) is 18.7. The first kappa shape index (κ1) is 36.5. The molecule has 1 aliphatic rings. The van der Waals surface area contributed by atoms with E-state index in [1.165, 1.54) is 0 Å². The molecular formula is C33H54N4O7Si. The van der Waals surface area contributed by atoms with Crippen LogP contribution in [0.25, 0.3) is 11.3 Å². The van der Waals surface area contributed by atoms with E-state index in [0.29, 0.717) is 60.3 Å². The lowest BCUT2D eigenvalue weighted by Gasteiger charge is -2.36. The molecule has 1 saturated heterocycles. The van der Waals surface area contributed by atoms with Crippen LogP contribution in [0.5, 0.6) is 11.5 Å². The van der Waals surface area contributed by atoms with E-state index in [4.69, 9.17) is 28.5 Å². The van der Waals surface area contributed by atoms with Crippen LogP contribution in [-0.2, 0) is 26.9 Å². The van der Waals surface area contributed by atoms with E-state index in [9.17, 15) is 9.90 Å². The van der Waals surface area contributed by atoms with E-state index in [1.54, 1.807) is 31.3 Å². The van der Waals surface area contributed by atoms with Crippen LogP contribution in [0.15, 0.2) is 18.2 Å². The molecule has 2 N–H and O–H groups in total. The molecule has 3 rings (SSSR count). The van der Waals surface area contributed by atoms with E-state index in [0.717, 1.165) is 24.8 Å². The second kappa shape index (κ2) is 15.6. The Kier molecular flexibility index (Phi) is 12.6. The fraction of sp³-hybridized carbons (Fsp3) is 0.667. The second-order valence-corrected chi connectivity index (χ2v) is 18.9. The van der Waals surface area contributed by atoms with Crippen molar-refractivity contribution in [3.05, 3.63) is 29.3 Å². The fourth-order valence-electron chi connectivity index (χ4n) is 4.90. The van der Waals surface area contributed by atoms with Gasteiger partial charge in [0.15, 0.2) is 15.1 Å². The number of nitrogens with zero attached hydrogens (tertiary/aromatic N) is 3. The highest BCUT2D eigenvalue weighted by Gasteiger charge is 2.37. The van der Waals surface area contributed by atoms with Gasteiger partial charge in [0.1, 0.15) is 28.6 Å². The highest BCUT2D eigenvalue weighted by atomic mass is 28.4. The van der Waals surface area contributed by atoms with Crippen LogP contribution in [0.4, 0.5) is 10.6 Å². The number of carbonyl (C=O) groups is 1. The summed E-state index contributed by atoms with van der Waals surface area (Å²) in [6.07, 6.45) is 2.88. The van der Waals surface area contributed by atoms with Crippen LogP contribution in [0.1, 0.15) is 71.9 Å². The Labute approximate surface area is 270 Å². The van der Waals surface area contributed by atoms with E-state index in [-0.39, 0.29) is 30.6 Å². The van der Waals surface area contributed by atoms with Gasteiger partial charge in [0.2, 0.25) is 0 Å². The number of aryl methyl sites for hydroxylation is 1. The molecule has 2 heterocycles. The van der Waals surface area contributed by atoms with Crippen molar-refractivity contribution >= 4 is 20.2 Å². The van der Waals surface area contributed by atoms with Gasteiger partial charge in [-0.3, -0.25) is 0 Å². The molecular weight excluding hydrogens is 592 g/mol. The molecule has 0 spiro atoms. The summed E-state index contributed by atoms with van der Waals surface area (Å²) in [5.74, 6) is 1.65. The molecule has 1 amide bonds. The normalized spacial score (nSPS) is 16.0. The zero-order valence-corrected chi connectivity index (χ0v) is 29.9. The molecule has 11 nitrogen and oxygen atoms in total. The summed E-state index contributed by atoms with van der Waals surface area (Å²) in [5, 5.41) is 23.3. The third-order valence-electron chi connectivity index (χ3n) is 8.29. The first-order valence-electron chi connectivity index (χ1n) is 15.8. The lowest BCUT2D eigenvalue weighted by atomic mass is 9.97. The van der Waals surface area contributed by atoms with E-state index in [2.05, 4.69) is 44.3 Å². The number of methoxy groups -OCH3 is 2. The number of rotatable bonds is 13. The zero-order chi connectivity index (χ0) is 33.4. The van der Waals surface area contributed by atoms with Crippen LogP contribution in [-0.4, -0.2) is 87.0 Å². The van der Waals surface area contributed by atoms with Gasteiger partial charge in [-0.15, -0.1) is 10.2 Å². The average Bonchev–Trinajstić information content (AvgIpc) is 2.96. The van der Waals surface area contributed by atoms with Gasteiger partial charge in [-0.2, -0.15) is 0 Å². The summed E-state index contributed by atoms with van der Waals surface area (Å²) in [6, 6.07) is 5.54. The molecule has 45 heavy (non-hydrogen) atoms. The molecule has 0 radical (unpaired) electrons. The van der Waals surface area contributed by atoms with Gasteiger partial charge in [-0.25, -0.2) is 4.79 Å². The summed E-state index contributed by atoms with van der Waals surface area (Å²) in [7, 11) is 1.22. The smallest absolute Gasteiger partial charge is 0.410 e. The molecule has 1 atom stereocenters. The van der Waals surface area contributed by atoms with Crippen LogP contribution in [0.2, 0.25) is 18.1 Å². The van der Waals surface area contributed by atoms with Crippen LogP contribution < -0.4 is 14.8 Å². The monoisotopic (exact) mass is 646 g/mol. The molecule has 1 aromatic carbocycles. The number of likely N-dealkylation sites (tertiary alicyclic amines) is 1. The number of anilines is 1. The number of aliphatic hydroxyl groups is 1. The Bertz CT molecular complexity index is 1280. The molecule has 0 unspecified atom stereocenters.